The molecule has 9 heteroatoms. The first-order valence-corrected chi connectivity index (χ1v) is 10.6. The van der Waals surface area contributed by atoms with E-state index in [1.54, 1.807) is 42.5 Å². The van der Waals surface area contributed by atoms with Crippen LogP contribution in [0.25, 0.3) is 0 Å². The van der Waals surface area contributed by atoms with Gasteiger partial charge in [-0.05, 0) is 60.7 Å². The Kier molecular flexibility index (Phi) is 6.39. The first-order valence-electron chi connectivity index (χ1n) is 8.79. The number of sulfonamides is 1. The molecule has 0 radical (unpaired) electrons. The molecule has 0 spiro atoms. The van der Waals surface area contributed by atoms with Crippen molar-refractivity contribution < 1.29 is 18.0 Å². The second-order valence-electron chi connectivity index (χ2n) is 6.25. The second-order valence-corrected chi connectivity index (χ2v) is 8.65. The van der Waals surface area contributed by atoms with Crippen molar-refractivity contribution in [2.45, 2.75) is 4.90 Å². The van der Waals surface area contributed by atoms with Crippen LogP contribution in [0.5, 0.6) is 0 Å². The SMILES string of the molecule is CN(c1ccccc1)S(=O)(=O)c1ccc(C(=O)NNC(=O)c2ccc(Cl)cc2)cc1. The highest BCUT2D eigenvalue weighted by atomic mass is 35.5. The van der Waals surface area contributed by atoms with Crippen LogP contribution in [0.4, 0.5) is 5.69 Å². The van der Waals surface area contributed by atoms with Crippen molar-refractivity contribution in [3.05, 3.63) is 95.0 Å². The van der Waals surface area contributed by atoms with E-state index in [0.717, 1.165) is 4.31 Å². The van der Waals surface area contributed by atoms with Gasteiger partial charge in [0.05, 0.1) is 10.6 Å². The second kappa shape index (κ2) is 8.98. The van der Waals surface area contributed by atoms with Gasteiger partial charge in [-0.3, -0.25) is 24.7 Å². The third kappa shape index (κ3) is 4.79. The predicted molar refractivity (Wildman–Crippen MR) is 115 cm³/mol. The lowest BCUT2D eigenvalue weighted by atomic mass is 10.2. The maximum Gasteiger partial charge on any atom is 0.269 e. The smallest absolute Gasteiger partial charge is 0.269 e. The normalized spacial score (nSPS) is 10.9. The number of para-hydroxylation sites is 1. The lowest BCUT2D eigenvalue weighted by molar-refractivity contribution is 0.0846. The zero-order valence-corrected chi connectivity index (χ0v) is 17.4. The summed E-state index contributed by atoms with van der Waals surface area (Å²) in [6.07, 6.45) is 0. The van der Waals surface area contributed by atoms with Crippen LogP contribution in [0.1, 0.15) is 20.7 Å². The summed E-state index contributed by atoms with van der Waals surface area (Å²) in [5.41, 5.74) is 5.61. The lowest BCUT2D eigenvalue weighted by Gasteiger charge is -2.19. The van der Waals surface area contributed by atoms with Crippen LogP contribution in [0.15, 0.2) is 83.8 Å². The highest BCUT2D eigenvalue weighted by Gasteiger charge is 2.21. The maximum absolute atomic E-state index is 12.8. The van der Waals surface area contributed by atoms with Gasteiger partial charge in [-0.2, -0.15) is 0 Å². The van der Waals surface area contributed by atoms with Crippen LogP contribution >= 0.6 is 11.6 Å². The van der Waals surface area contributed by atoms with Crippen molar-refractivity contribution in [1.82, 2.24) is 10.9 Å². The summed E-state index contributed by atoms with van der Waals surface area (Å²) in [6.45, 7) is 0. The molecule has 3 aromatic rings. The van der Waals surface area contributed by atoms with Crippen LogP contribution in [-0.2, 0) is 10.0 Å². The van der Waals surface area contributed by atoms with E-state index in [4.69, 9.17) is 11.6 Å². The molecule has 2 N–H and O–H groups in total. The number of rotatable bonds is 5. The maximum atomic E-state index is 12.8. The van der Waals surface area contributed by atoms with E-state index < -0.39 is 21.8 Å². The van der Waals surface area contributed by atoms with E-state index in [0.29, 0.717) is 16.3 Å². The fourth-order valence-electron chi connectivity index (χ4n) is 2.57. The van der Waals surface area contributed by atoms with Gasteiger partial charge in [0.25, 0.3) is 21.8 Å². The molecule has 3 aromatic carbocycles. The standard InChI is InChI=1S/C21H18ClN3O4S/c1-25(18-5-3-2-4-6-18)30(28,29)19-13-9-16(10-14-19)21(27)24-23-20(26)15-7-11-17(22)12-8-15/h2-14H,1H3,(H,23,26)(H,24,27). The van der Waals surface area contributed by atoms with E-state index in [1.807, 2.05) is 0 Å². The highest BCUT2D eigenvalue weighted by molar-refractivity contribution is 7.92. The number of halogens is 1. The van der Waals surface area contributed by atoms with Gasteiger partial charge in [-0.1, -0.05) is 29.8 Å². The number of hydrazine groups is 1. The number of amides is 2. The van der Waals surface area contributed by atoms with Crippen LogP contribution in [-0.4, -0.2) is 27.3 Å². The van der Waals surface area contributed by atoms with Crippen molar-refractivity contribution in [2.24, 2.45) is 0 Å². The molecule has 154 valence electrons. The van der Waals surface area contributed by atoms with Crippen LogP contribution in [0.3, 0.4) is 0 Å². The summed E-state index contributed by atoms with van der Waals surface area (Å²) < 4.78 is 26.7. The van der Waals surface area contributed by atoms with Crippen molar-refractivity contribution in [3.63, 3.8) is 0 Å². The number of hydrogen-bond acceptors (Lipinski definition) is 4. The molecule has 0 fully saturated rings. The van der Waals surface area contributed by atoms with Gasteiger partial charge in [0.1, 0.15) is 0 Å². The first-order chi connectivity index (χ1) is 14.3. The minimum Gasteiger partial charge on any atom is -0.269 e. The Morgan fingerprint density at radius 3 is 1.73 bits per heavy atom. The molecule has 0 aliphatic rings. The third-order valence-electron chi connectivity index (χ3n) is 4.29. The molecular weight excluding hydrogens is 426 g/mol. The largest absolute Gasteiger partial charge is 0.269 e. The van der Waals surface area contributed by atoms with E-state index in [2.05, 4.69) is 10.9 Å². The fraction of sp³-hybridized carbons (Fsp3) is 0.0476. The number of nitrogens with zero attached hydrogens (tertiary/aromatic N) is 1. The van der Waals surface area contributed by atoms with Gasteiger partial charge in [-0.25, -0.2) is 8.42 Å². The average Bonchev–Trinajstić information content (AvgIpc) is 2.77. The summed E-state index contributed by atoms with van der Waals surface area (Å²) in [4.78, 5) is 24.3. The Hall–Kier alpha value is -3.36. The molecule has 0 saturated carbocycles. The molecule has 2 amide bonds. The summed E-state index contributed by atoms with van der Waals surface area (Å²) >= 11 is 5.78. The zero-order chi connectivity index (χ0) is 21.7. The van der Waals surface area contributed by atoms with Crippen LogP contribution in [0.2, 0.25) is 5.02 Å². The number of carbonyl (C=O) groups excluding carboxylic acids is 2. The van der Waals surface area contributed by atoms with Gasteiger partial charge in [0.15, 0.2) is 0 Å². The zero-order valence-electron chi connectivity index (χ0n) is 15.9. The molecular formula is C21H18ClN3O4S. The average molecular weight is 444 g/mol. The number of anilines is 1. The Balaban J connectivity index is 1.66. The Labute approximate surface area is 179 Å². The van der Waals surface area contributed by atoms with Crippen LogP contribution < -0.4 is 15.2 Å². The lowest BCUT2D eigenvalue weighted by Crippen LogP contribution is -2.41. The monoisotopic (exact) mass is 443 g/mol. The van der Waals surface area contributed by atoms with Crippen molar-refractivity contribution >= 4 is 39.1 Å². The minimum atomic E-state index is -3.78. The van der Waals surface area contributed by atoms with Gasteiger partial charge < -0.3 is 0 Å². The molecule has 0 heterocycles. The predicted octanol–water partition coefficient (Wildman–Crippen LogP) is 3.24. The van der Waals surface area contributed by atoms with E-state index in [-0.39, 0.29) is 10.5 Å². The molecule has 0 saturated heterocycles. The number of benzene rings is 3. The quantitative estimate of drug-likeness (QED) is 0.592. The molecule has 7 nitrogen and oxygen atoms in total. The molecule has 0 aromatic heterocycles. The number of carbonyl (C=O) groups is 2. The van der Waals surface area contributed by atoms with E-state index in [9.17, 15) is 18.0 Å². The van der Waals surface area contributed by atoms with Gasteiger partial charge in [0, 0.05) is 23.2 Å². The third-order valence-corrected chi connectivity index (χ3v) is 6.34. The topological polar surface area (TPSA) is 95.6 Å². The highest BCUT2D eigenvalue weighted by Crippen LogP contribution is 2.21. The summed E-state index contributed by atoms with van der Waals surface area (Å²) in [6, 6.07) is 20.2. The molecule has 3 rings (SSSR count). The Morgan fingerprint density at radius 1 is 0.767 bits per heavy atom. The summed E-state index contributed by atoms with van der Waals surface area (Å²) in [5.74, 6) is -1.10. The summed E-state index contributed by atoms with van der Waals surface area (Å²) in [5, 5.41) is 0.489. The van der Waals surface area contributed by atoms with E-state index in [1.165, 1.54) is 43.4 Å². The minimum absolute atomic E-state index is 0.0376. The Bertz CT molecular complexity index is 1150. The van der Waals surface area contributed by atoms with E-state index >= 15 is 0 Å². The first kappa shape index (κ1) is 21.4. The Morgan fingerprint density at radius 2 is 1.23 bits per heavy atom. The molecule has 0 aliphatic heterocycles. The fourth-order valence-corrected chi connectivity index (χ4v) is 3.89. The molecule has 0 unspecified atom stereocenters. The molecule has 0 bridgehead atoms. The number of nitrogens with one attached hydrogen (secondary N) is 2. The molecule has 30 heavy (non-hydrogen) atoms. The van der Waals surface area contributed by atoms with Crippen molar-refractivity contribution in [2.75, 3.05) is 11.4 Å². The van der Waals surface area contributed by atoms with Gasteiger partial charge >= 0.3 is 0 Å². The summed E-state index contributed by atoms with van der Waals surface area (Å²) in [7, 11) is -2.32. The molecule has 0 atom stereocenters. The van der Waals surface area contributed by atoms with Crippen LogP contribution in [0, 0.1) is 0 Å². The number of hydrogen-bond donors (Lipinski definition) is 2. The van der Waals surface area contributed by atoms with Gasteiger partial charge in [-0.15, -0.1) is 0 Å². The molecule has 0 aliphatic carbocycles. The van der Waals surface area contributed by atoms with Crippen molar-refractivity contribution in [3.8, 4) is 0 Å². The van der Waals surface area contributed by atoms with Crippen molar-refractivity contribution in [1.29, 1.82) is 0 Å². The van der Waals surface area contributed by atoms with Gasteiger partial charge in [0.2, 0.25) is 0 Å².